The van der Waals surface area contributed by atoms with E-state index in [4.69, 9.17) is 15.9 Å². The molecule has 5 N–H and O–H groups in total. The van der Waals surface area contributed by atoms with Crippen molar-refractivity contribution in [3.63, 3.8) is 0 Å². The number of aliphatic carboxylic acids is 1. The molecule has 0 aliphatic heterocycles. The fraction of sp³-hybridized carbons (Fsp3) is 0. The second-order valence-corrected chi connectivity index (χ2v) is 2.61. The number of aromatic hydroxyl groups is 1. The number of hydrogen-bond acceptors (Lipinski definition) is 4. The second kappa shape index (κ2) is 3.69. The summed E-state index contributed by atoms with van der Waals surface area (Å²) < 4.78 is 0. The third-order valence-electron chi connectivity index (χ3n) is 1.63. The lowest BCUT2D eigenvalue weighted by Gasteiger charge is -2.02. The van der Waals surface area contributed by atoms with Crippen molar-refractivity contribution in [2.24, 2.45) is 5.73 Å². The first-order valence-electron chi connectivity index (χ1n) is 3.73. The summed E-state index contributed by atoms with van der Waals surface area (Å²) in [5.74, 6) is -1.89. The zero-order valence-corrected chi connectivity index (χ0v) is 7.14. The van der Waals surface area contributed by atoms with Gasteiger partial charge in [0, 0.05) is 5.56 Å². The predicted molar refractivity (Wildman–Crippen MR) is 49.5 cm³/mol. The minimum atomic E-state index is -1.39. The molecular formula is C9H9NO4. The van der Waals surface area contributed by atoms with Crippen LogP contribution in [-0.4, -0.2) is 21.3 Å². The quantitative estimate of drug-likeness (QED) is 0.410. The van der Waals surface area contributed by atoms with Gasteiger partial charge in [-0.05, 0) is 24.3 Å². The molecule has 0 bridgehead atoms. The molecule has 0 saturated carbocycles. The number of aliphatic hydroxyl groups is 1. The SMILES string of the molecule is N/C(C(=O)O)=C(\O)c1ccc(O)cc1. The molecule has 0 aromatic heterocycles. The summed E-state index contributed by atoms with van der Waals surface area (Å²) in [5, 5.41) is 26.8. The molecule has 5 heteroatoms. The Morgan fingerprint density at radius 3 is 2.07 bits per heavy atom. The lowest BCUT2D eigenvalue weighted by molar-refractivity contribution is -0.132. The maximum Gasteiger partial charge on any atom is 0.355 e. The number of benzene rings is 1. The molecule has 0 heterocycles. The van der Waals surface area contributed by atoms with Gasteiger partial charge < -0.3 is 21.1 Å². The van der Waals surface area contributed by atoms with E-state index in [1.54, 1.807) is 0 Å². The van der Waals surface area contributed by atoms with Gasteiger partial charge in [0.1, 0.15) is 5.75 Å². The van der Waals surface area contributed by atoms with E-state index in [0.29, 0.717) is 0 Å². The average molecular weight is 195 g/mol. The van der Waals surface area contributed by atoms with Crippen LogP contribution in [0.15, 0.2) is 30.0 Å². The molecule has 0 spiro atoms. The summed E-state index contributed by atoms with van der Waals surface area (Å²) in [4.78, 5) is 10.4. The highest BCUT2D eigenvalue weighted by atomic mass is 16.4. The van der Waals surface area contributed by atoms with Gasteiger partial charge in [-0.15, -0.1) is 0 Å². The number of nitrogens with two attached hydrogens (primary N) is 1. The Hall–Kier alpha value is -2.17. The van der Waals surface area contributed by atoms with Crippen molar-refractivity contribution in [3.8, 4) is 5.75 Å². The summed E-state index contributed by atoms with van der Waals surface area (Å²) in [5.41, 5.74) is 4.71. The van der Waals surface area contributed by atoms with Crippen molar-refractivity contribution in [1.82, 2.24) is 0 Å². The Bertz CT molecular complexity index is 380. The zero-order chi connectivity index (χ0) is 10.7. The van der Waals surface area contributed by atoms with Crippen LogP contribution in [0.3, 0.4) is 0 Å². The fourth-order valence-electron chi connectivity index (χ4n) is 0.876. The Kier molecular flexibility index (Phi) is 2.62. The Balaban J connectivity index is 3.12. The van der Waals surface area contributed by atoms with Crippen LogP contribution < -0.4 is 5.73 Å². The summed E-state index contributed by atoms with van der Waals surface area (Å²) in [6.07, 6.45) is 0. The predicted octanol–water partition coefficient (Wildman–Crippen LogP) is 0.662. The molecular weight excluding hydrogens is 186 g/mol. The number of carboxylic acid groups (broad SMARTS) is 1. The van der Waals surface area contributed by atoms with Crippen LogP contribution >= 0.6 is 0 Å². The Labute approximate surface area is 79.7 Å². The summed E-state index contributed by atoms with van der Waals surface area (Å²) in [7, 11) is 0. The molecule has 0 fully saturated rings. The minimum Gasteiger partial charge on any atom is -0.508 e. The van der Waals surface area contributed by atoms with E-state index in [1.807, 2.05) is 0 Å². The van der Waals surface area contributed by atoms with Crippen molar-refractivity contribution < 1.29 is 20.1 Å². The lowest BCUT2D eigenvalue weighted by Crippen LogP contribution is -2.12. The first kappa shape index (κ1) is 9.91. The topological polar surface area (TPSA) is 104 Å². The monoisotopic (exact) mass is 195 g/mol. The first-order valence-corrected chi connectivity index (χ1v) is 3.73. The van der Waals surface area contributed by atoms with Crippen molar-refractivity contribution in [1.29, 1.82) is 0 Å². The molecule has 0 amide bonds. The van der Waals surface area contributed by atoms with Gasteiger partial charge >= 0.3 is 5.97 Å². The summed E-state index contributed by atoms with van der Waals surface area (Å²) in [6.45, 7) is 0. The van der Waals surface area contributed by atoms with Gasteiger partial charge in [-0.25, -0.2) is 4.79 Å². The van der Waals surface area contributed by atoms with Crippen molar-refractivity contribution in [2.45, 2.75) is 0 Å². The minimum absolute atomic E-state index is 0.0236. The number of hydrogen-bond donors (Lipinski definition) is 4. The molecule has 74 valence electrons. The van der Waals surface area contributed by atoms with Gasteiger partial charge in [-0.1, -0.05) is 0 Å². The number of phenols is 1. The van der Waals surface area contributed by atoms with Gasteiger partial charge in [0.15, 0.2) is 11.5 Å². The normalized spacial score (nSPS) is 12.0. The molecule has 0 unspecified atom stereocenters. The van der Waals surface area contributed by atoms with Crippen LogP contribution in [0.5, 0.6) is 5.75 Å². The zero-order valence-electron chi connectivity index (χ0n) is 7.14. The number of carboxylic acids is 1. The molecule has 1 rings (SSSR count). The van der Waals surface area contributed by atoms with E-state index in [9.17, 15) is 9.90 Å². The molecule has 0 atom stereocenters. The van der Waals surface area contributed by atoms with Crippen LogP contribution in [0.1, 0.15) is 5.56 Å². The largest absolute Gasteiger partial charge is 0.508 e. The number of phenolic OH excluding ortho intramolecular Hbond substituents is 1. The van der Waals surface area contributed by atoms with E-state index in [0.717, 1.165) is 0 Å². The molecule has 0 radical (unpaired) electrons. The van der Waals surface area contributed by atoms with Crippen molar-refractivity contribution in [2.75, 3.05) is 0 Å². The van der Waals surface area contributed by atoms with Crippen LogP contribution in [0.25, 0.3) is 5.76 Å². The average Bonchev–Trinajstić information content (AvgIpc) is 2.16. The maximum absolute atomic E-state index is 10.4. The second-order valence-electron chi connectivity index (χ2n) is 2.61. The van der Waals surface area contributed by atoms with E-state index in [-0.39, 0.29) is 11.3 Å². The molecule has 14 heavy (non-hydrogen) atoms. The fourth-order valence-corrected chi connectivity index (χ4v) is 0.876. The lowest BCUT2D eigenvalue weighted by atomic mass is 10.1. The number of carbonyl (C=O) groups is 1. The van der Waals surface area contributed by atoms with Gasteiger partial charge in [-0.2, -0.15) is 0 Å². The highest BCUT2D eigenvalue weighted by Crippen LogP contribution is 2.17. The van der Waals surface area contributed by atoms with E-state index < -0.39 is 17.4 Å². The van der Waals surface area contributed by atoms with Gasteiger partial charge in [-0.3, -0.25) is 0 Å². The smallest absolute Gasteiger partial charge is 0.355 e. The van der Waals surface area contributed by atoms with Crippen LogP contribution in [0, 0.1) is 0 Å². The van der Waals surface area contributed by atoms with Crippen molar-refractivity contribution in [3.05, 3.63) is 35.5 Å². The van der Waals surface area contributed by atoms with E-state index in [1.165, 1.54) is 24.3 Å². The van der Waals surface area contributed by atoms with Crippen molar-refractivity contribution >= 4 is 11.7 Å². The molecule has 0 aliphatic carbocycles. The maximum atomic E-state index is 10.4. The third kappa shape index (κ3) is 1.95. The molecule has 1 aromatic carbocycles. The molecule has 0 aliphatic rings. The molecule has 5 nitrogen and oxygen atoms in total. The standard InChI is InChI=1S/C9H9NO4/c10-7(9(13)14)8(12)5-1-3-6(11)4-2-5/h1-4,11-12H,10H2,(H,13,14)/b8-7-. The van der Waals surface area contributed by atoms with Crippen LogP contribution in [-0.2, 0) is 4.79 Å². The van der Waals surface area contributed by atoms with Gasteiger partial charge in [0.05, 0.1) is 0 Å². The van der Waals surface area contributed by atoms with Crippen LogP contribution in [0.4, 0.5) is 0 Å². The molecule has 0 saturated heterocycles. The summed E-state index contributed by atoms with van der Waals surface area (Å²) >= 11 is 0. The first-order chi connectivity index (χ1) is 6.52. The summed E-state index contributed by atoms with van der Waals surface area (Å²) in [6, 6.07) is 5.36. The van der Waals surface area contributed by atoms with Crippen LogP contribution in [0.2, 0.25) is 0 Å². The Morgan fingerprint density at radius 2 is 1.64 bits per heavy atom. The van der Waals surface area contributed by atoms with E-state index in [2.05, 4.69) is 0 Å². The highest BCUT2D eigenvalue weighted by molar-refractivity contribution is 5.93. The Morgan fingerprint density at radius 1 is 1.14 bits per heavy atom. The van der Waals surface area contributed by atoms with Gasteiger partial charge in [0.2, 0.25) is 0 Å². The molecule has 1 aromatic rings. The number of aliphatic hydroxyl groups excluding tert-OH is 1. The van der Waals surface area contributed by atoms with E-state index >= 15 is 0 Å². The third-order valence-corrected chi connectivity index (χ3v) is 1.63. The number of rotatable bonds is 2. The van der Waals surface area contributed by atoms with Gasteiger partial charge in [0.25, 0.3) is 0 Å². The highest BCUT2D eigenvalue weighted by Gasteiger charge is 2.10.